The van der Waals surface area contributed by atoms with E-state index < -0.39 is 5.97 Å². The monoisotopic (exact) mass is 686 g/mol. The van der Waals surface area contributed by atoms with E-state index >= 15 is 0 Å². The normalized spacial score (nSPS) is 12.6. The Labute approximate surface area is 303 Å². The Morgan fingerprint density at radius 3 is 1.50 bits per heavy atom. The van der Waals surface area contributed by atoms with Crippen LogP contribution < -0.4 is 20.4 Å². The maximum atomic E-state index is 12.5. The van der Waals surface area contributed by atoms with E-state index in [2.05, 4.69) is 75.0 Å². The molecule has 0 saturated heterocycles. The van der Waals surface area contributed by atoms with E-state index in [0.717, 1.165) is 54.2 Å². The SMILES string of the molecule is Cc1ccc(N2CCc3ccccc32)cc1NC(=O)c1ccccc1.O=C(Nc1cc(N2CCc3ccccc32)ccc1C(=O)O)c1ccccc1. The zero-order valence-electron chi connectivity index (χ0n) is 28.8. The van der Waals surface area contributed by atoms with E-state index in [0.29, 0.717) is 16.8 Å². The molecule has 0 fully saturated rings. The van der Waals surface area contributed by atoms with E-state index in [-0.39, 0.29) is 17.4 Å². The summed E-state index contributed by atoms with van der Waals surface area (Å²) in [4.78, 5) is 41.0. The molecule has 2 amide bonds. The maximum absolute atomic E-state index is 12.5. The number of carbonyl (C=O) groups is 3. The van der Waals surface area contributed by atoms with Crippen molar-refractivity contribution in [2.24, 2.45) is 0 Å². The number of hydrogen-bond acceptors (Lipinski definition) is 5. The first-order valence-corrected chi connectivity index (χ1v) is 17.3. The van der Waals surface area contributed by atoms with E-state index in [1.807, 2.05) is 55.5 Å². The van der Waals surface area contributed by atoms with Crippen molar-refractivity contribution in [2.45, 2.75) is 19.8 Å². The summed E-state index contributed by atoms with van der Waals surface area (Å²) in [7, 11) is 0. The second-order valence-corrected chi connectivity index (χ2v) is 12.7. The predicted octanol–water partition coefficient (Wildman–Crippen LogP) is 9.27. The largest absolute Gasteiger partial charge is 0.478 e. The number of para-hydroxylation sites is 2. The molecule has 2 aliphatic rings. The van der Waals surface area contributed by atoms with Crippen LogP contribution in [-0.2, 0) is 12.8 Å². The molecule has 0 radical (unpaired) electrons. The molecule has 258 valence electrons. The third-order valence-corrected chi connectivity index (χ3v) is 9.42. The number of rotatable bonds is 7. The summed E-state index contributed by atoms with van der Waals surface area (Å²) in [6.45, 7) is 3.80. The summed E-state index contributed by atoms with van der Waals surface area (Å²) in [6, 6.07) is 46.0. The van der Waals surface area contributed by atoms with Gasteiger partial charge in [-0.2, -0.15) is 0 Å². The second-order valence-electron chi connectivity index (χ2n) is 12.7. The quantitative estimate of drug-likeness (QED) is 0.155. The van der Waals surface area contributed by atoms with Gasteiger partial charge in [-0.1, -0.05) is 78.9 Å². The van der Waals surface area contributed by atoms with Gasteiger partial charge in [0.1, 0.15) is 0 Å². The Balaban J connectivity index is 0.000000162. The van der Waals surface area contributed by atoms with E-state index in [1.54, 1.807) is 42.5 Å². The molecule has 2 heterocycles. The van der Waals surface area contributed by atoms with Crippen LogP contribution in [0, 0.1) is 6.92 Å². The van der Waals surface area contributed by atoms with Crippen molar-refractivity contribution in [3.05, 3.63) is 179 Å². The van der Waals surface area contributed by atoms with Gasteiger partial charge >= 0.3 is 5.97 Å². The van der Waals surface area contributed by atoms with Crippen LogP contribution >= 0.6 is 0 Å². The first-order chi connectivity index (χ1) is 25.4. The van der Waals surface area contributed by atoms with Gasteiger partial charge in [-0.3, -0.25) is 9.59 Å². The highest BCUT2D eigenvalue weighted by atomic mass is 16.4. The fourth-order valence-electron chi connectivity index (χ4n) is 6.68. The minimum absolute atomic E-state index is 0.0653. The van der Waals surface area contributed by atoms with Crippen LogP contribution in [0.2, 0.25) is 0 Å². The van der Waals surface area contributed by atoms with Gasteiger partial charge in [-0.15, -0.1) is 0 Å². The number of carboxylic acid groups (broad SMARTS) is 1. The molecule has 3 N–H and O–H groups in total. The molecule has 52 heavy (non-hydrogen) atoms. The standard InChI is InChI=1S/C22H18N2O3.C22H20N2O/c25-21(16-7-2-1-3-8-16)23-19-14-17(10-11-18(19)22(26)27)24-13-12-15-6-4-5-9-20(15)24;1-16-11-12-19(24-14-13-17-7-5-6-10-21(17)24)15-20(16)23-22(25)18-8-3-2-4-9-18/h1-11,14H,12-13H2,(H,23,25)(H,26,27);2-12,15H,13-14H2,1H3,(H,23,25). The summed E-state index contributed by atoms with van der Waals surface area (Å²) >= 11 is 0. The average Bonchev–Trinajstić information content (AvgIpc) is 3.82. The summed E-state index contributed by atoms with van der Waals surface area (Å²) in [5.74, 6) is -1.49. The number of benzene rings is 6. The number of nitrogens with zero attached hydrogens (tertiary/aromatic N) is 2. The molecule has 6 aromatic carbocycles. The minimum Gasteiger partial charge on any atom is -0.478 e. The fourth-order valence-corrected chi connectivity index (χ4v) is 6.68. The molecule has 6 aromatic rings. The topological polar surface area (TPSA) is 102 Å². The molecular weight excluding hydrogens is 649 g/mol. The van der Waals surface area contributed by atoms with Gasteiger partial charge in [0.05, 0.1) is 11.3 Å². The van der Waals surface area contributed by atoms with Gasteiger partial charge < -0.3 is 25.5 Å². The highest BCUT2D eigenvalue weighted by molar-refractivity contribution is 6.08. The van der Waals surface area contributed by atoms with Crippen LogP contribution in [-0.4, -0.2) is 36.0 Å². The second kappa shape index (κ2) is 15.1. The average molecular weight is 687 g/mol. The van der Waals surface area contributed by atoms with Crippen LogP contribution in [0.5, 0.6) is 0 Å². The van der Waals surface area contributed by atoms with Crippen LogP contribution in [0.1, 0.15) is 47.8 Å². The number of carboxylic acids is 1. The molecule has 2 aliphatic heterocycles. The highest BCUT2D eigenvalue weighted by Crippen LogP contribution is 2.37. The smallest absolute Gasteiger partial charge is 0.337 e. The van der Waals surface area contributed by atoms with Crippen LogP contribution in [0.3, 0.4) is 0 Å². The first-order valence-electron chi connectivity index (χ1n) is 17.3. The Hall–Kier alpha value is -6.67. The third-order valence-electron chi connectivity index (χ3n) is 9.42. The minimum atomic E-state index is -1.08. The fraction of sp³-hybridized carbons (Fsp3) is 0.114. The van der Waals surface area contributed by atoms with E-state index in [4.69, 9.17) is 0 Å². The van der Waals surface area contributed by atoms with Crippen molar-refractivity contribution in [1.82, 2.24) is 0 Å². The molecule has 0 aliphatic carbocycles. The van der Waals surface area contributed by atoms with Crippen molar-refractivity contribution < 1.29 is 19.5 Å². The van der Waals surface area contributed by atoms with Gasteiger partial charge in [0.2, 0.25) is 0 Å². The molecule has 0 atom stereocenters. The Kier molecular flexibility index (Phi) is 9.79. The lowest BCUT2D eigenvalue weighted by atomic mass is 10.1. The Morgan fingerprint density at radius 1 is 0.538 bits per heavy atom. The van der Waals surface area contributed by atoms with Crippen molar-refractivity contribution in [2.75, 3.05) is 33.5 Å². The maximum Gasteiger partial charge on any atom is 0.337 e. The molecule has 0 unspecified atom stereocenters. The number of aryl methyl sites for hydroxylation is 1. The highest BCUT2D eigenvalue weighted by Gasteiger charge is 2.23. The molecule has 0 saturated carbocycles. The lowest BCUT2D eigenvalue weighted by Crippen LogP contribution is -2.17. The van der Waals surface area contributed by atoms with Gasteiger partial charge in [0, 0.05) is 52.7 Å². The number of nitrogens with one attached hydrogen (secondary N) is 2. The van der Waals surface area contributed by atoms with Gasteiger partial charge in [0.15, 0.2) is 0 Å². The van der Waals surface area contributed by atoms with Gasteiger partial charge in [-0.25, -0.2) is 4.79 Å². The van der Waals surface area contributed by atoms with Crippen molar-refractivity contribution in [1.29, 1.82) is 0 Å². The lowest BCUT2D eigenvalue weighted by molar-refractivity contribution is 0.0697. The predicted molar refractivity (Wildman–Crippen MR) is 208 cm³/mol. The third kappa shape index (κ3) is 7.27. The Bertz CT molecular complexity index is 2250. The summed E-state index contributed by atoms with van der Waals surface area (Å²) in [6.07, 6.45) is 1.98. The molecule has 0 bridgehead atoms. The number of fused-ring (bicyclic) bond motifs is 2. The molecule has 0 aromatic heterocycles. The van der Waals surface area contributed by atoms with Crippen molar-refractivity contribution >= 4 is 51.9 Å². The van der Waals surface area contributed by atoms with Gasteiger partial charge in [0.25, 0.3) is 11.8 Å². The van der Waals surface area contributed by atoms with Crippen LogP contribution in [0.15, 0.2) is 146 Å². The zero-order chi connectivity index (χ0) is 36.0. The first kappa shape index (κ1) is 33.8. The van der Waals surface area contributed by atoms with Crippen LogP contribution in [0.4, 0.5) is 34.1 Å². The van der Waals surface area contributed by atoms with Crippen molar-refractivity contribution in [3.63, 3.8) is 0 Å². The van der Waals surface area contributed by atoms with E-state index in [1.165, 1.54) is 16.8 Å². The summed E-state index contributed by atoms with van der Waals surface area (Å²) in [5, 5.41) is 15.3. The van der Waals surface area contributed by atoms with Crippen molar-refractivity contribution in [3.8, 4) is 0 Å². The summed E-state index contributed by atoms with van der Waals surface area (Å²) < 4.78 is 0. The number of aromatic carboxylic acids is 1. The lowest BCUT2D eigenvalue weighted by Gasteiger charge is -2.21. The Morgan fingerprint density at radius 2 is 0.981 bits per heavy atom. The molecule has 0 spiro atoms. The molecule has 8 rings (SSSR count). The number of amides is 2. The van der Waals surface area contributed by atoms with Gasteiger partial charge in [-0.05, 0) is 103 Å². The zero-order valence-corrected chi connectivity index (χ0v) is 28.8. The molecular formula is C44H38N4O4. The molecule has 8 nitrogen and oxygen atoms in total. The van der Waals surface area contributed by atoms with E-state index in [9.17, 15) is 19.5 Å². The van der Waals surface area contributed by atoms with Crippen LogP contribution in [0.25, 0.3) is 0 Å². The number of anilines is 6. The summed E-state index contributed by atoms with van der Waals surface area (Å²) in [5.41, 5.74) is 10.4. The molecule has 8 heteroatoms. The number of hydrogen-bond donors (Lipinski definition) is 3. The number of carbonyl (C=O) groups excluding carboxylic acids is 2.